The Balaban J connectivity index is 1.58. The van der Waals surface area contributed by atoms with Crippen LogP contribution in [0, 0.1) is 0 Å². The fourth-order valence-electron chi connectivity index (χ4n) is 2.45. The van der Waals surface area contributed by atoms with Crippen molar-refractivity contribution in [2.75, 3.05) is 70.6 Å². The van der Waals surface area contributed by atoms with Crippen LogP contribution in [-0.2, 0) is 14.2 Å². The van der Waals surface area contributed by atoms with Crippen molar-refractivity contribution in [3.63, 3.8) is 0 Å². The average Bonchev–Trinajstić information content (AvgIpc) is 2.77. The van der Waals surface area contributed by atoms with Crippen LogP contribution in [0.5, 0.6) is 5.88 Å². The van der Waals surface area contributed by atoms with Crippen molar-refractivity contribution in [1.29, 1.82) is 0 Å². The lowest BCUT2D eigenvalue weighted by Gasteiger charge is -2.11. The molecule has 0 aliphatic rings. The number of aromatic nitrogens is 1. The van der Waals surface area contributed by atoms with Gasteiger partial charge in [-0.05, 0) is 29.3 Å². The van der Waals surface area contributed by atoms with Gasteiger partial charge in [0.05, 0.1) is 39.6 Å². The highest BCUT2D eigenvalue weighted by Gasteiger charge is 1.97. The molecule has 0 saturated carbocycles. The third kappa shape index (κ3) is 10.2. The third-order valence-corrected chi connectivity index (χ3v) is 4.40. The summed E-state index contributed by atoms with van der Waals surface area (Å²) in [5.41, 5.74) is 3.35. The molecule has 0 spiro atoms. The van der Waals surface area contributed by atoms with Gasteiger partial charge < -0.3 is 23.8 Å². The Morgan fingerprint density at radius 3 is 1.90 bits per heavy atom. The Labute approximate surface area is 187 Å². The van der Waals surface area contributed by atoms with Crippen LogP contribution in [0.25, 0.3) is 12.2 Å². The highest BCUT2D eigenvalue weighted by Crippen LogP contribution is 2.15. The molecule has 0 unspecified atom stereocenters. The summed E-state index contributed by atoms with van der Waals surface area (Å²) in [4.78, 5) is 6.42. The van der Waals surface area contributed by atoms with Gasteiger partial charge in [0.2, 0.25) is 5.88 Å². The summed E-state index contributed by atoms with van der Waals surface area (Å²) in [5, 5.41) is 0.843. The lowest BCUT2D eigenvalue weighted by atomic mass is 10.1. The minimum absolute atomic E-state index is 0.453. The molecule has 1 heterocycles. The van der Waals surface area contributed by atoms with E-state index < -0.39 is 0 Å². The predicted octanol–water partition coefficient (Wildman–Crippen LogP) is 4.14. The van der Waals surface area contributed by atoms with Gasteiger partial charge in [0.15, 0.2) is 0 Å². The van der Waals surface area contributed by atoms with Crippen LogP contribution in [0.3, 0.4) is 0 Å². The monoisotopic (exact) mass is 475 g/mol. The van der Waals surface area contributed by atoms with Crippen molar-refractivity contribution in [3.05, 3.63) is 53.7 Å². The Kier molecular flexibility index (Phi) is 12.1. The fraction of sp³-hybridized carbons (Fsp3) is 0.435. The second-order valence-electron chi connectivity index (χ2n) is 6.62. The van der Waals surface area contributed by atoms with E-state index in [0.717, 1.165) is 16.5 Å². The summed E-state index contributed by atoms with van der Waals surface area (Å²) < 4.78 is 21.8. The number of benzene rings is 1. The standard InChI is InChI=1S/C23H31BrN2O4/c1-26(2)22-8-5-20(6-9-22)3-4-21-7-10-23(25-19-21)30-18-17-29-16-15-28-14-13-27-12-11-24/h3-10,19H,11-18H2,1-2H3/b4-3+/i24-4. The Hall–Kier alpha value is -1.93. The van der Waals surface area contributed by atoms with Crippen LogP contribution in [-0.4, -0.2) is 70.7 Å². The molecule has 0 N–H and O–H groups in total. The van der Waals surface area contributed by atoms with E-state index in [-0.39, 0.29) is 0 Å². The van der Waals surface area contributed by atoms with E-state index in [1.807, 2.05) is 32.3 Å². The van der Waals surface area contributed by atoms with Gasteiger partial charge in [-0.3, -0.25) is 0 Å². The molecule has 0 atom stereocenters. The summed E-state index contributed by atoms with van der Waals surface area (Å²) >= 11 is 3.30. The molecule has 2 rings (SSSR count). The van der Waals surface area contributed by atoms with E-state index in [1.165, 1.54) is 5.69 Å². The molecule has 164 valence electrons. The minimum atomic E-state index is 0.453. The number of hydrogen-bond donors (Lipinski definition) is 0. The molecule has 30 heavy (non-hydrogen) atoms. The van der Waals surface area contributed by atoms with Crippen LogP contribution in [0.2, 0.25) is 0 Å². The Morgan fingerprint density at radius 2 is 1.33 bits per heavy atom. The van der Waals surface area contributed by atoms with Crippen LogP contribution in [0.4, 0.5) is 5.69 Å². The number of rotatable bonds is 15. The number of alkyl halides is 1. The highest BCUT2D eigenvalue weighted by molar-refractivity contribution is 9.09. The lowest BCUT2D eigenvalue weighted by Crippen LogP contribution is -2.13. The molecule has 0 amide bonds. The number of anilines is 1. The number of halogens is 1. The van der Waals surface area contributed by atoms with Crippen LogP contribution < -0.4 is 9.64 Å². The SMILES string of the molecule is CN(C)c1ccc(/C=C/c2ccc(OCCOCCOCCOCC[76Br])nc2)cc1. The topological polar surface area (TPSA) is 53.1 Å². The largest absolute Gasteiger partial charge is 0.475 e. The molecular formula is C23H31BrN2O4. The van der Waals surface area contributed by atoms with E-state index in [2.05, 4.69) is 56.2 Å². The van der Waals surface area contributed by atoms with Gasteiger partial charge in [0.1, 0.15) is 6.61 Å². The van der Waals surface area contributed by atoms with Crippen molar-refractivity contribution in [3.8, 4) is 5.88 Å². The molecular weight excluding hydrogens is 444 g/mol. The molecule has 1 aromatic heterocycles. The van der Waals surface area contributed by atoms with Crippen molar-refractivity contribution < 1.29 is 18.9 Å². The molecule has 6 nitrogen and oxygen atoms in total. The van der Waals surface area contributed by atoms with Gasteiger partial charge in [0, 0.05) is 37.4 Å². The number of hydrogen-bond acceptors (Lipinski definition) is 6. The molecule has 0 radical (unpaired) electrons. The van der Waals surface area contributed by atoms with Crippen LogP contribution >= 0.6 is 15.9 Å². The highest BCUT2D eigenvalue weighted by atomic mass is 75.9. The number of ether oxygens (including phenoxy) is 4. The first-order valence-corrected chi connectivity index (χ1v) is 11.1. The van der Waals surface area contributed by atoms with Crippen LogP contribution in [0.1, 0.15) is 11.1 Å². The Bertz CT molecular complexity index is 721. The van der Waals surface area contributed by atoms with Crippen LogP contribution in [0.15, 0.2) is 42.6 Å². The first kappa shape index (κ1) is 24.3. The first-order valence-electron chi connectivity index (χ1n) is 10.0. The van der Waals surface area contributed by atoms with Crippen molar-refractivity contribution in [2.24, 2.45) is 0 Å². The van der Waals surface area contributed by atoms with E-state index in [9.17, 15) is 0 Å². The molecule has 0 fully saturated rings. The van der Waals surface area contributed by atoms with Gasteiger partial charge in [-0.15, -0.1) is 0 Å². The summed E-state index contributed by atoms with van der Waals surface area (Å²) in [5.74, 6) is 0.589. The smallest absolute Gasteiger partial charge is 0.213 e. The quantitative estimate of drug-likeness (QED) is 0.285. The second kappa shape index (κ2) is 15.0. The molecule has 7 heteroatoms. The molecule has 1 aromatic carbocycles. The summed E-state index contributed by atoms with van der Waals surface area (Å²) in [6, 6.07) is 12.2. The van der Waals surface area contributed by atoms with E-state index >= 15 is 0 Å². The van der Waals surface area contributed by atoms with Gasteiger partial charge in [-0.2, -0.15) is 0 Å². The summed E-state index contributed by atoms with van der Waals surface area (Å²) in [6.45, 7) is 3.93. The number of pyridine rings is 1. The van der Waals surface area contributed by atoms with Crippen molar-refractivity contribution in [1.82, 2.24) is 4.98 Å². The van der Waals surface area contributed by atoms with Gasteiger partial charge in [-0.1, -0.05) is 40.2 Å². The van der Waals surface area contributed by atoms with E-state index in [4.69, 9.17) is 18.9 Å². The maximum atomic E-state index is 5.60. The summed E-state index contributed by atoms with van der Waals surface area (Å²) in [7, 11) is 4.07. The average molecular weight is 475 g/mol. The predicted molar refractivity (Wildman–Crippen MR) is 126 cm³/mol. The zero-order chi connectivity index (χ0) is 21.4. The zero-order valence-corrected chi connectivity index (χ0v) is 19.3. The molecule has 0 saturated heterocycles. The maximum Gasteiger partial charge on any atom is 0.213 e. The normalized spacial score (nSPS) is 11.2. The zero-order valence-electron chi connectivity index (χ0n) is 17.8. The third-order valence-electron chi connectivity index (χ3n) is 4.08. The van der Waals surface area contributed by atoms with Crippen molar-refractivity contribution >= 4 is 33.8 Å². The lowest BCUT2D eigenvalue weighted by molar-refractivity contribution is 0.0116. The number of nitrogens with zero attached hydrogens (tertiary/aromatic N) is 2. The van der Waals surface area contributed by atoms with E-state index in [1.54, 1.807) is 6.20 Å². The molecule has 2 aromatic rings. The fourth-order valence-corrected chi connectivity index (χ4v) is 2.68. The van der Waals surface area contributed by atoms with Crippen molar-refractivity contribution in [2.45, 2.75) is 0 Å². The van der Waals surface area contributed by atoms with Gasteiger partial charge in [0.25, 0.3) is 0 Å². The second-order valence-corrected chi connectivity index (χ2v) is 7.42. The first-order chi connectivity index (χ1) is 14.7. The Morgan fingerprint density at radius 1 is 0.767 bits per heavy atom. The molecule has 0 bridgehead atoms. The molecule has 0 aliphatic heterocycles. The molecule has 0 aliphatic carbocycles. The minimum Gasteiger partial charge on any atom is -0.475 e. The van der Waals surface area contributed by atoms with E-state index in [0.29, 0.717) is 52.1 Å². The maximum absolute atomic E-state index is 5.60. The summed E-state index contributed by atoms with van der Waals surface area (Å²) in [6.07, 6.45) is 5.91. The van der Waals surface area contributed by atoms with Gasteiger partial charge in [-0.25, -0.2) is 4.98 Å². The van der Waals surface area contributed by atoms with Gasteiger partial charge >= 0.3 is 0 Å².